The van der Waals surface area contributed by atoms with Gasteiger partial charge in [-0.3, -0.25) is 4.21 Å². The fraction of sp³-hybridized carbons (Fsp3) is 1.00. The minimum absolute atomic E-state index is 0.283. The first-order valence-corrected chi connectivity index (χ1v) is 6.35. The molecule has 0 aromatic carbocycles. The Bertz CT molecular complexity index is 226. The zero-order valence-corrected chi connectivity index (χ0v) is 8.52. The fourth-order valence-corrected chi connectivity index (χ4v) is 5.35. The number of rotatable bonds is 1. The molecule has 2 nitrogen and oxygen atoms in total. The van der Waals surface area contributed by atoms with E-state index >= 15 is 0 Å². The lowest BCUT2D eigenvalue weighted by molar-refractivity contribution is 0.0330. The average Bonchev–Trinajstić information content (AvgIpc) is 2.00. The minimum atomic E-state index is -1.82. The molecule has 0 N–H and O–H groups in total. The molecule has 4 fully saturated rings. The van der Waals surface area contributed by atoms with Gasteiger partial charge in [0.1, 0.15) is 0 Å². The van der Waals surface area contributed by atoms with Gasteiger partial charge >= 0.3 is 0 Å². The van der Waals surface area contributed by atoms with Gasteiger partial charge in [0.15, 0.2) is 0 Å². The molecule has 3 heteroatoms. The van der Waals surface area contributed by atoms with E-state index in [4.69, 9.17) is 0 Å². The van der Waals surface area contributed by atoms with Crippen molar-refractivity contribution in [2.45, 2.75) is 43.3 Å². The van der Waals surface area contributed by atoms with Crippen molar-refractivity contribution in [3.05, 3.63) is 0 Å². The van der Waals surface area contributed by atoms with Gasteiger partial charge in [0, 0.05) is 4.75 Å². The molecule has 4 aliphatic rings. The topological polar surface area (TPSA) is 40.1 Å². The summed E-state index contributed by atoms with van der Waals surface area (Å²) in [4.78, 5) is 0. The summed E-state index contributed by atoms with van der Waals surface area (Å²) in [6, 6.07) is 0. The molecule has 4 aliphatic carbocycles. The van der Waals surface area contributed by atoms with Gasteiger partial charge in [0.2, 0.25) is 0 Å². The van der Waals surface area contributed by atoms with E-state index in [-0.39, 0.29) is 4.75 Å². The van der Waals surface area contributed by atoms with Gasteiger partial charge in [-0.2, -0.15) is 0 Å². The summed E-state index contributed by atoms with van der Waals surface area (Å²) < 4.78 is 22.2. The first-order valence-electron chi connectivity index (χ1n) is 5.27. The summed E-state index contributed by atoms with van der Waals surface area (Å²) in [6.45, 7) is 0. The Morgan fingerprint density at radius 3 is 1.69 bits per heavy atom. The predicted molar refractivity (Wildman–Crippen MR) is 49.8 cm³/mol. The third kappa shape index (κ3) is 1.13. The minimum Gasteiger partial charge on any atom is -0.772 e. The van der Waals surface area contributed by atoms with Crippen molar-refractivity contribution in [2.75, 3.05) is 0 Å². The molecule has 0 aromatic rings. The third-order valence-electron chi connectivity index (χ3n) is 4.34. The predicted octanol–water partition coefficient (Wildman–Crippen LogP) is 1.83. The summed E-state index contributed by atoms with van der Waals surface area (Å²) >= 11 is -1.82. The van der Waals surface area contributed by atoms with E-state index in [1.54, 1.807) is 0 Å². The van der Waals surface area contributed by atoms with Gasteiger partial charge in [-0.15, -0.1) is 0 Å². The van der Waals surface area contributed by atoms with Gasteiger partial charge < -0.3 is 4.55 Å². The molecule has 4 rings (SSSR count). The molecule has 0 spiro atoms. The Morgan fingerprint density at radius 1 is 1.00 bits per heavy atom. The molecule has 4 bridgehead atoms. The van der Waals surface area contributed by atoms with Crippen LogP contribution >= 0.6 is 0 Å². The molecule has 0 saturated heterocycles. The lowest BCUT2D eigenvalue weighted by Crippen LogP contribution is -2.52. The maximum atomic E-state index is 11.3. The summed E-state index contributed by atoms with van der Waals surface area (Å²) in [5, 5.41) is 0. The smallest absolute Gasteiger partial charge is 0.0335 e. The van der Waals surface area contributed by atoms with Crippen molar-refractivity contribution in [3.63, 3.8) is 0 Å². The van der Waals surface area contributed by atoms with Crippen molar-refractivity contribution in [3.8, 4) is 0 Å². The molecule has 0 radical (unpaired) electrons. The van der Waals surface area contributed by atoms with Crippen molar-refractivity contribution in [1.29, 1.82) is 0 Å². The Hall–Kier alpha value is 0.110. The molecule has 0 aromatic heterocycles. The third-order valence-corrected chi connectivity index (χ3v) is 5.54. The number of hydrogen-bond donors (Lipinski definition) is 0. The van der Waals surface area contributed by atoms with E-state index in [1.807, 2.05) is 0 Å². The van der Waals surface area contributed by atoms with Crippen LogP contribution in [0.5, 0.6) is 0 Å². The van der Waals surface area contributed by atoms with Crippen LogP contribution in [0.2, 0.25) is 0 Å². The first-order chi connectivity index (χ1) is 6.18. The van der Waals surface area contributed by atoms with E-state index in [0.717, 1.165) is 37.0 Å². The molecular weight excluding hydrogens is 184 g/mol. The van der Waals surface area contributed by atoms with Gasteiger partial charge in [0.05, 0.1) is 0 Å². The molecule has 74 valence electrons. The molecule has 0 aliphatic heterocycles. The van der Waals surface area contributed by atoms with E-state index in [0.29, 0.717) is 0 Å². The van der Waals surface area contributed by atoms with Gasteiger partial charge in [-0.25, -0.2) is 0 Å². The van der Waals surface area contributed by atoms with E-state index < -0.39 is 11.1 Å². The molecule has 0 heterocycles. The summed E-state index contributed by atoms with van der Waals surface area (Å²) in [5.41, 5.74) is 0. The molecule has 4 saturated carbocycles. The van der Waals surface area contributed by atoms with Crippen LogP contribution in [0.25, 0.3) is 0 Å². The van der Waals surface area contributed by atoms with Crippen LogP contribution in [0.3, 0.4) is 0 Å². The highest BCUT2D eigenvalue weighted by atomic mass is 32.2. The molecule has 1 atom stereocenters. The molecule has 1 unspecified atom stereocenters. The Labute approximate surface area is 81.4 Å². The van der Waals surface area contributed by atoms with E-state index in [9.17, 15) is 8.76 Å². The van der Waals surface area contributed by atoms with Crippen LogP contribution < -0.4 is 0 Å². The molecular formula is C10H15O2S-. The lowest BCUT2D eigenvalue weighted by atomic mass is 9.56. The summed E-state index contributed by atoms with van der Waals surface area (Å²) in [5.74, 6) is 2.22. The Kier molecular flexibility index (Phi) is 1.67. The first kappa shape index (κ1) is 8.42. The van der Waals surface area contributed by atoms with Gasteiger partial charge in [-0.05, 0) is 67.4 Å². The van der Waals surface area contributed by atoms with Gasteiger partial charge in [0.25, 0.3) is 0 Å². The summed E-state index contributed by atoms with van der Waals surface area (Å²) in [7, 11) is 0. The van der Waals surface area contributed by atoms with Crippen LogP contribution in [0.1, 0.15) is 38.5 Å². The van der Waals surface area contributed by atoms with Crippen molar-refractivity contribution in [1.82, 2.24) is 0 Å². The maximum absolute atomic E-state index is 11.3. The van der Waals surface area contributed by atoms with Crippen LogP contribution in [-0.4, -0.2) is 13.5 Å². The quantitative estimate of drug-likeness (QED) is 0.604. The SMILES string of the molecule is O=S([O-])C12CC3CC(CC(C3)C1)C2. The van der Waals surface area contributed by atoms with Crippen molar-refractivity contribution >= 4 is 11.1 Å². The Balaban J connectivity index is 1.95. The number of hydrogen-bond acceptors (Lipinski definition) is 2. The second-order valence-corrected chi connectivity index (χ2v) is 6.67. The molecule has 0 amide bonds. The van der Waals surface area contributed by atoms with Crippen molar-refractivity contribution in [2.24, 2.45) is 17.8 Å². The average molecular weight is 199 g/mol. The van der Waals surface area contributed by atoms with E-state index in [1.165, 1.54) is 19.3 Å². The standard InChI is InChI=1S/C10H16O2S/c11-13(12)10-4-7-1-8(5-10)3-9(2-7)6-10/h7-9H,1-6H2,(H,11,12)/p-1. The highest BCUT2D eigenvalue weighted by Gasteiger charge is 2.51. The zero-order valence-electron chi connectivity index (χ0n) is 7.70. The monoisotopic (exact) mass is 199 g/mol. The molecule has 13 heavy (non-hydrogen) atoms. The normalized spacial score (nSPS) is 55.3. The highest BCUT2D eigenvalue weighted by molar-refractivity contribution is 7.80. The largest absolute Gasteiger partial charge is 0.772 e. The summed E-state index contributed by atoms with van der Waals surface area (Å²) in [6.07, 6.45) is 6.85. The highest BCUT2D eigenvalue weighted by Crippen LogP contribution is 2.57. The second kappa shape index (κ2) is 2.57. The van der Waals surface area contributed by atoms with Crippen LogP contribution in [0.4, 0.5) is 0 Å². The Morgan fingerprint density at radius 2 is 1.38 bits per heavy atom. The van der Waals surface area contributed by atoms with Crippen LogP contribution in [0.15, 0.2) is 0 Å². The van der Waals surface area contributed by atoms with Crippen molar-refractivity contribution < 1.29 is 8.76 Å². The van der Waals surface area contributed by atoms with E-state index in [2.05, 4.69) is 0 Å². The van der Waals surface area contributed by atoms with Crippen LogP contribution in [0, 0.1) is 17.8 Å². The fourth-order valence-electron chi connectivity index (χ4n) is 4.24. The zero-order chi connectivity index (χ0) is 9.05. The maximum Gasteiger partial charge on any atom is 0.0335 e. The van der Waals surface area contributed by atoms with Gasteiger partial charge in [-0.1, -0.05) is 0 Å². The second-order valence-electron chi connectivity index (χ2n) is 5.34. The lowest BCUT2D eigenvalue weighted by Gasteiger charge is -2.57. The van der Waals surface area contributed by atoms with Crippen LogP contribution in [-0.2, 0) is 11.1 Å².